The predicted octanol–water partition coefficient (Wildman–Crippen LogP) is 2.89. The van der Waals surface area contributed by atoms with Gasteiger partial charge < -0.3 is 19.1 Å². The minimum Gasteiger partial charge on any atom is -0.497 e. The number of imidazole rings is 1. The average molecular weight is 325 g/mol. The van der Waals surface area contributed by atoms with Crippen LogP contribution in [0.4, 0.5) is 6.01 Å². The Labute approximate surface area is 139 Å². The monoisotopic (exact) mass is 325 g/mol. The lowest BCUT2D eigenvalue weighted by atomic mass is 10.1. The molecular formula is C17H19N5O2. The Morgan fingerprint density at radius 1 is 1.29 bits per heavy atom. The number of ether oxygens (including phenoxy) is 1. The van der Waals surface area contributed by atoms with Gasteiger partial charge in [0.25, 0.3) is 0 Å². The van der Waals surface area contributed by atoms with E-state index >= 15 is 0 Å². The summed E-state index contributed by atoms with van der Waals surface area (Å²) in [4.78, 5) is 8.93. The molecule has 3 aromatic rings. The molecule has 1 aliphatic rings. The number of nitrogens with zero attached hydrogens (tertiary/aromatic N) is 4. The van der Waals surface area contributed by atoms with Crippen LogP contribution in [0.25, 0.3) is 0 Å². The summed E-state index contributed by atoms with van der Waals surface area (Å²) in [6.07, 6.45) is 5.97. The first-order valence-electron chi connectivity index (χ1n) is 7.96. The Hall–Kier alpha value is -2.83. The summed E-state index contributed by atoms with van der Waals surface area (Å²) < 4.78 is 12.6. The third-order valence-corrected chi connectivity index (χ3v) is 4.22. The first kappa shape index (κ1) is 14.7. The fourth-order valence-electron chi connectivity index (χ4n) is 2.67. The maximum absolute atomic E-state index is 5.37. The minimum absolute atomic E-state index is 0.191. The van der Waals surface area contributed by atoms with Crippen LogP contribution in [0.5, 0.6) is 5.75 Å². The molecule has 2 heterocycles. The van der Waals surface area contributed by atoms with Crippen molar-refractivity contribution in [3.63, 3.8) is 0 Å². The number of methoxy groups -OCH3 is 1. The molecule has 1 aliphatic carbocycles. The van der Waals surface area contributed by atoms with Gasteiger partial charge in [-0.1, -0.05) is 17.3 Å². The molecule has 1 saturated carbocycles. The molecule has 1 aromatic carbocycles. The van der Waals surface area contributed by atoms with Crippen LogP contribution < -0.4 is 10.1 Å². The van der Waals surface area contributed by atoms with Crippen molar-refractivity contribution in [2.75, 3.05) is 12.4 Å². The van der Waals surface area contributed by atoms with E-state index in [-0.39, 0.29) is 6.04 Å². The molecule has 1 atom stereocenters. The van der Waals surface area contributed by atoms with Crippen molar-refractivity contribution in [2.45, 2.75) is 24.8 Å². The molecule has 0 bridgehead atoms. The van der Waals surface area contributed by atoms with Gasteiger partial charge in [0.15, 0.2) is 5.82 Å². The van der Waals surface area contributed by atoms with E-state index in [1.54, 1.807) is 13.3 Å². The molecule has 1 fully saturated rings. The second-order valence-corrected chi connectivity index (χ2v) is 5.98. The number of anilines is 1. The summed E-state index contributed by atoms with van der Waals surface area (Å²) in [7, 11) is 3.62. The Bertz CT molecular complexity index is 820. The number of benzene rings is 1. The third-order valence-electron chi connectivity index (χ3n) is 4.22. The van der Waals surface area contributed by atoms with Crippen LogP contribution in [0.2, 0.25) is 0 Å². The standard InChI is InChI=1S/C17H19N5O2/c1-22-10-9-18-16(22)14(11-5-7-13(23-2)8-6-11)19-17-20-15(21-24-17)12-3-4-12/h5-10,12,14H,3-4H2,1-2H3,(H,19,20,21)/t14-/m0/s1. The SMILES string of the molecule is COc1ccc([C@H](Nc2nc(C3CC3)no2)c2nccn2C)cc1. The van der Waals surface area contributed by atoms with Crippen molar-refractivity contribution in [2.24, 2.45) is 7.05 Å². The first-order chi connectivity index (χ1) is 11.7. The highest BCUT2D eigenvalue weighted by Crippen LogP contribution is 2.38. The van der Waals surface area contributed by atoms with E-state index in [1.807, 2.05) is 42.1 Å². The van der Waals surface area contributed by atoms with Crippen molar-refractivity contribution in [3.8, 4) is 5.75 Å². The number of aromatic nitrogens is 4. The molecule has 0 radical (unpaired) electrons. The number of aryl methyl sites for hydroxylation is 1. The average Bonchev–Trinajstić information content (AvgIpc) is 3.21. The maximum atomic E-state index is 5.37. The van der Waals surface area contributed by atoms with Crippen LogP contribution in [0.1, 0.15) is 42.0 Å². The second kappa shape index (κ2) is 5.99. The fraction of sp³-hybridized carbons (Fsp3) is 0.353. The summed E-state index contributed by atoms with van der Waals surface area (Å²) >= 11 is 0. The number of hydrogen-bond acceptors (Lipinski definition) is 6. The number of nitrogens with one attached hydrogen (secondary N) is 1. The highest BCUT2D eigenvalue weighted by molar-refractivity contribution is 5.38. The zero-order chi connectivity index (χ0) is 16.5. The van der Waals surface area contributed by atoms with Gasteiger partial charge >= 0.3 is 6.01 Å². The molecule has 1 N–H and O–H groups in total. The Kier molecular flexibility index (Phi) is 3.68. The topological polar surface area (TPSA) is 78.0 Å². The van der Waals surface area contributed by atoms with Gasteiger partial charge in [0.05, 0.1) is 7.11 Å². The molecule has 0 spiro atoms. The zero-order valence-corrected chi connectivity index (χ0v) is 13.6. The summed E-state index contributed by atoms with van der Waals surface area (Å²) in [5.74, 6) is 2.92. The highest BCUT2D eigenvalue weighted by atomic mass is 16.5. The Morgan fingerprint density at radius 3 is 2.71 bits per heavy atom. The van der Waals surface area contributed by atoms with Crippen molar-refractivity contribution in [1.29, 1.82) is 0 Å². The number of rotatable bonds is 6. The third kappa shape index (κ3) is 2.84. The van der Waals surface area contributed by atoms with E-state index in [0.717, 1.165) is 35.8 Å². The molecule has 2 aromatic heterocycles. The summed E-state index contributed by atoms with van der Waals surface area (Å²) in [6.45, 7) is 0. The second-order valence-electron chi connectivity index (χ2n) is 5.98. The van der Waals surface area contributed by atoms with E-state index in [4.69, 9.17) is 9.26 Å². The molecule has 7 heteroatoms. The van der Waals surface area contributed by atoms with Crippen molar-refractivity contribution in [1.82, 2.24) is 19.7 Å². The normalized spacial score (nSPS) is 15.2. The van der Waals surface area contributed by atoms with E-state index < -0.39 is 0 Å². The molecule has 4 rings (SSSR count). The highest BCUT2D eigenvalue weighted by Gasteiger charge is 2.29. The molecule has 124 valence electrons. The van der Waals surface area contributed by atoms with Gasteiger partial charge in [0, 0.05) is 25.4 Å². The summed E-state index contributed by atoms with van der Waals surface area (Å²) in [5, 5.41) is 7.37. The van der Waals surface area contributed by atoms with E-state index in [0.29, 0.717) is 11.9 Å². The van der Waals surface area contributed by atoms with Gasteiger partial charge in [-0.15, -0.1) is 0 Å². The molecule has 0 unspecified atom stereocenters. The molecule has 24 heavy (non-hydrogen) atoms. The quantitative estimate of drug-likeness (QED) is 0.751. The Morgan fingerprint density at radius 2 is 2.08 bits per heavy atom. The first-order valence-corrected chi connectivity index (χ1v) is 7.96. The predicted molar refractivity (Wildman–Crippen MR) is 87.9 cm³/mol. The maximum Gasteiger partial charge on any atom is 0.322 e. The van der Waals surface area contributed by atoms with Crippen LogP contribution in [0.15, 0.2) is 41.2 Å². The summed E-state index contributed by atoms with van der Waals surface area (Å²) in [5.41, 5.74) is 1.04. The van der Waals surface area contributed by atoms with Crippen LogP contribution in [-0.4, -0.2) is 26.8 Å². The van der Waals surface area contributed by atoms with E-state index in [9.17, 15) is 0 Å². The van der Waals surface area contributed by atoms with Crippen molar-refractivity contribution >= 4 is 6.01 Å². The molecule has 7 nitrogen and oxygen atoms in total. The smallest absolute Gasteiger partial charge is 0.322 e. The summed E-state index contributed by atoms with van der Waals surface area (Å²) in [6, 6.07) is 8.09. The number of hydrogen-bond donors (Lipinski definition) is 1. The van der Waals surface area contributed by atoms with E-state index in [2.05, 4.69) is 20.4 Å². The van der Waals surface area contributed by atoms with Gasteiger partial charge in [-0.2, -0.15) is 4.98 Å². The van der Waals surface area contributed by atoms with Gasteiger partial charge in [0.1, 0.15) is 17.6 Å². The van der Waals surface area contributed by atoms with E-state index in [1.165, 1.54) is 0 Å². The van der Waals surface area contributed by atoms with Gasteiger partial charge in [-0.25, -0.2) is 4.98 Å². The Balaban J connectivity index is 1.65. The fourth-order valence-corrected chi connectivity index (χ4v) is 2.67. The van der Waals surface area contributed by atoms with Gasteiger partial charge in [0.2, 0.25) is 0 Å². The molecule has 0 amide bonds. The van der Waals surface area contributed by atoms with Crippen LogP contribution in [0.3, 0.4) is 0 Å². The minimum atomic E-state index is -0.191. The van der Waals surface area contributed by atoms with Gasteiger partial charge in [-0.3, -0.25) is 0 Å². The van der Waals surface area contributed by atoms with Crippen LogP contribution in [-0.2, 0) is 7.05 Å². The molecular weight excluding hydrogens is 306 g/mol. The van der Waals surface area contributed by atoms with Crippen molar-refractivity contribution in [3.05, 3.63) is 53.9 Å². The lowest BCUT2D eigenvalue weighted by molar-refractivity contribution is 0.414. The molecule has 0 saturated heterocycles. The molecule has 0 aliphatic heterocycles. The lowest BCUT2D eigenvalue weighted by Crippen LogP contribution is -2.17. The van der Waals surface area contributed by atoms with Crippen LogP contribution >= 0.6 is 0 Å². The zero-order valence-electron chi connectivity index (χ0n) is 13.6. The largest absolute Gasteiger partial charge is 0.497 e. The van der Waals surface area contributed by atoms with Crippen molar-refractivity contribution < 1.29 is 9.26 Å². The van der Waals surface area contributed by atoms with Crippen LogP contribution in [0, 0.1) is 0 Å². The van der Waals surface area contributed by atoms with Gasteiger partial charge in [-0.05, 0) is 30.5 Å². The lowest BCUT2D eigenvalue weighted by Gasteiger charge is -2.18.